The van der Waals surface area contributed by atoms with Gasteiger partial charge in [-0.1, -0.05) is 6.92 Å². The van der Waals surface area contributed by atoms with E-state index in [-0.39, 0.29) is 23.9 Å². The highest BCUT2D eigenvalue weighted by Gasteiger charge is 2.39. The summed E-state index contributed by atoms with van der Waals surface area (Å²) < 4.78 is 5.35. The zero-order valence-corrected chi connectivity index (χ0v) is 11.9. The summed E-state index contributed by atoms with van der Waals surface area (Å²) >= 11 is 0. The molecule has 0 spiro atoms. The number of hydrogen-bond acceptors (Lipinski definition) is 4. The Balaban J connectivity index is 1.88. The maximum atomic E-state index is 12.1. The van der Waals surface area contributed by atoms with Gasteiger partial charge in [0.15, 0.2) is 0 Å². The SMILES string of the molecule is CCCN1C(=O)CC(NC(C)C2CCOCC2)C1=O. The summed E-state index contributed by atoms with van der Waals surface area (Å²) in [4.78, 5) is 25.3. The number of rotatable bonds is 5. The quantitative estimate of drug-likeness (QED) is 0.754. The highest BCUT2D eigenvalue weighted by molar-refractivity contribution is 6.05. The standard InChI is InChI=1S/C14H24N2O3/c1-3-6-16-13(17)9-12(14(16)18)15-10(2)11-4-7-19-8-5-11/h10-12,15H,3-9H2,1-2H3. The van der Waals surface area contributed by atoms with Crippen molar-refractivity contribution in [3.8, 4) is 0 Å². The van der Waals surface area contributed by atoms with Crippen molar-refractivity contribution in [2.24, 2.45) is 5.92 Å². The van der Waals surface area contributed by atoms with E-state index in [1.54, 1.807) is 0 Å². The number of nitrogens with zero attached hydrogens (tertiary/aromatic N) is 1. The predicted molar refractivity (Wildman–Crippen MR) is 71.6 cm³/mol. The number of likely N-dealkylation sites (tertiary alicyclic amines) is 1. The molecule has 2 amide bonds. The van der Waals surface area contributed by atoms with E-state index in [4.69, 9.17) is 4.74 Å². The summed E-state index contributed by atoms with van der Waals surface area (Å²) in [6, 6.07) is -0.0656. The number of amides is 2. The molecule has 2 fully saturated rings. The number of nitrogens with one attached hydrogen (secondary N) is 1. The molecule has 0 saturated carbocycles. The van der Waals surface area contributed by atoms with Crippen LogP contribution in [0.3, 0.4) is 0 Å². The summed E-state index contributed by atoms with van der Waals surface area (Å²) in [6.07, 6.45) is 3.19. The average Bonchev–Trinajstić information content (AvgIpc) is 2.68. The second-order valence-electron chi connectivity index (χ2n) is 5.55. The molecule has 2 heterocycles. The lowest BCUT2D eigenvalue weighted by Crippen LogP contribution is -2.46. The van der Waals surface area contributed by atoms with Gasteiger partial charge in [-0.2, -0.15) is 0 Å². The molecule has 1 N–H and O–H groups in total. The Morgan fingerprint density at radius 2 is 2.05 bits per heavy atom. The van der Waals surface area contributed by atoms with Gasteiger partial charge in [0.2, 0.25) is 11.8 Å². The van der Waals surface area contributed by atoms with Crippen LogP contribution in [0.25, 0.3) is 0 Å². The molecule has 0 bridgehead atoms. The van der Waals surface area contributed by atoms with E-state index in [0.717, 1.165) is 32.5 Å². The zero-order valence-electron chi connectivity index (χ0n) is 11.9. The van der Waals surface area contributed by atoms with Crippen molar-refractivity contribution in [2.75, 3.05) is 19.8 Å². The first-order chi connectivity index (χ1) is 9.13. The van der Waals surface area contributed by atoms with Crippen LogP contribution >= 0.6 is 0 Å². The molecule has 0 aromatic carbocycles. The van der Waals surface area contributed by atoms with Crippen LogP contribution in [0.2, 0.25) is 0 Å². The predicted octanol–water partition coefficient (Wildman–Crippen LogP) is 0.929. The minimum absolute atomic E-state index is 0.0384. The fourth-order valence-corrected chi connectivity index (χ4v) is 2.94. The lowest BCUT2D eigenvalue weighted by molar-refractivity contribution is -0.138. The van der Waals surface area contributed by atoms with Gasteiger partial charge in [-0.25, -0.2) is 0 Å². The average molecular weight is 268 g/mol. The van der Waals surface area contributed by atoms with Crippen molar-refractivity contribution in [1.82, 2.24) is 10.2 Å². The first-order valence-electron chi connectivity index (χ1n) is 7.31. The van der Waals surface area contributed by atoms with Crippen LogP contribution in [0, 0.1) is 5.92 Å². The van der Waals surface area contributed by atoms with Gasteiger partial charge < -0.3 is 10.1 Å². The molecule has 2 unspecified atom stereocenters. The van der Waals surface area contributed by atoms with Crippen LogP contribution in [0.1, 0.15) is 39.5 Å². The van der Waals surface area contributed by atoms with Crippen LogP contribution in [-0.2, 0) is 14.3 Å². The highest BCUT2D eigenvalue weighted by atomic mass is 16.5. The van der Waals surface area contributed by atoms with Gasteiger partial charge in [0.05, 0.1) is 12.5 Å². The maximum absolute atomic E-state index is 12.1. The maximum Gasteiger partial charge on any atom is 0.246 e. The van der Waals surface area contributed by atoms with E-state index >= 15 is 0 Å². The molecule has 0 radical (unpaired) electrons. The molecular formula is C14H24N2O3. The van der Waals surface area contributed by atoms with E-state index in [0.29, 0.717) is 18.9 Å². The van der Waals surface area contributed by atoms with Gasteiger partial charge in [-0.15, -0.1) is 0 Å². The topological polar surface area (TPSA) is 58.6 Å². The van der Waals surface area contributed by atoms with Gasteiger partial charge in [0.1, 0.15) is 0 Å². The van der Waals surface area contributed by atoms with Crippen molar-refractivity contribution in [1.29, 1.82) is 0 Å². The smallest absolute Gasteiger partial charge is 0.246 e. The highest BCUT2D eigenvalue weighted by Crippen LogP contribution is 2.21. The van der Waals surface area contributed by atoms with Crippen molar-refractivity contribution in [3.63, 3.8) is 0 Å². The molecule has 19 heavy (non-hydrogen) atoms. The summed E-state index contributed by atoms with van der Waals surface area (Å²) in [5.74, 6) is 0.450. The molecule has 2 aliphatic heterocycles. The second kappa shape index (κ2) is 6.48. The van der Waals surface area contributed by atoms with E-state index < -0.39 is 0 Å². The summed E-state index contributed by atoms with van der Waals surface area (Å²) in [7, 11) is 0. The minimum atomic E-state index is -0.322. The minimum Gasteiger partial charge on any atom is -0.381 e. The largest absolute Gasteiger partial charge is 0.381 e. The molecule has 2 saturated heterocycles. The zero-order chi connectivity index (χ0) is 13.8. The van der Waals surface area contributed by atoms with E-state index in [2.05, 4.69) is 12.2 Å². The second-order valence-corrected chi connectivity index (χ2v) is 5.55. The number of carbonyl (C=O) groups excluding carboxylic acids is 2. The summed E-state index contributed by atoms with van der Waals surface area (Å²) in [5, 5.41) is 3.35. The molecule has 0 aromatic heterocycles. The number of imide groups is 1. The number of ether oxygens (including phenoxy) is 1. The van der Waals surface area contributed by atoms with Gasteiger partial charge in [-0.3, -0.25) is 14.5 Å². The summed E-state index contributed by atoms with van der Waals surface area (Å²) in [5.41, 5.74) is 0. The molecule has 2 rings (SSSR count). The Morgan fingerprint density at radius 3 is 2.68 bits per heavy atom. The molecule has 2 aliphatic rings. The first-order valence-corrected chi connectivity index (χ1v) is 7.31. The third-order valence-corrected chi connectivity index (χ3v) is 4.13. The first kappa shape index (κ1) is 14.5. The van der Waals surface area contributed by atoms with Crippen molar-refractivity contribution < 1.29 is 14.3 Å². The normalized spacial score (nSPS) is 27.1. The molecule has 5 heteroatoms. The van der Waals surface area contributed by atoms with Gasteiger partial charge in [-0.05, 0) is 32.1 Å². The molecular weight excluding hydrogens is 244 g/mol. The van der Waals surface area contributed by atoms with Gasteiger partial charge >= 0.3 is 0 Å². The monoisotopic (exact) mass is 268 g/mol. The van der Waals surface area contributed by atoms with Gasteiger partial charge in [0, 0.05) is 25.8 Å². The van der Waals surface area contributed by atoms with Crippen molar-refractivity contribution in [3.05, 3.63) is 0 Å². The Kier molecular flexibility index (Phi) is 4.93. The van der Waals surface area contributed by atoms with Crippen LogP contribution in [0.4, 0.5) is 0 Å². The van der Waals surface area contributed by atoms with Crippen molar-refractivity contribution in [2.45, 2.75) is 51.6 Å². The Hall–Kier alpha value is -0.940. The molecule has 2 atom stereocenters. The molecule has 108 valence electrons. The third kappa shape index (κ3) is 3.34. The molecule has 0 aliphatic carbocycles. The fraction of sp³-hybridized carbons (Fsp3) is 0.857. The van der Waals surface area contributed by atoms with Crippen LogP contribution < -0.4 is 5.32 Å². The van der Waals surface area contributed by atoms with E-state index in [1.807, 2.05) is 6.92 Å². The van der Waals surface area contributed by atoms with E-state index in [9.17, 15) is 9.59 Å². The Morgan fingerprint density at radius 1 is 1.37 bits per heavy atom. The summed E-state index contributed by atoms with van der Waals surface area (Å²) in [6.45, 7) is 6.23. The number of hydrogen-bond donors (Lipinski definition) is 1. The Labute approximate surface area is 114 Å². The lowest BCUT2D eigenvalue weighted by Gasteiger charge is -2.30. The lowest BCUT2D eigenvalue weighted by atomic mass is 9.92. The van der Waals surface area contributed by atoms with E-state index in [1.165, 1.54) is 4.90 Å². The Bertz CT molecular complexity index is 340. The van der Waals surface area contributed by atoms with Crippen molar-refractivity contribution >= 4 is 11.8 Å². The fourth-order valence-electron chi connectivity index (χ4n) is 2.94. The van der Waals surface area contributed by atoms with Gasteiger partial charge in [0.25, 0.3) is 0 Å². The molecule has 0 aromatic rings. The van der Waals surface area contributed by atoms with Crippen LogP contribution in [-0.4, -0.2) is 48.6 Å². The third-order valence-electron chi connectivity index (χ3n) is 4.13. The van der Waals surface area contributed by atoms with Crippen LogP contribution in [0.5, 0.6) is 0 Å². The van der Waals surface area contributed by atoms with Crippen LogP contribution in [0.15, 0.2) is 0 Å². The molecule has 5 nitrogen and oxygen atoms in total. The number of carbonyl (C=O) groups is 2.